The average Bonchev–Trinajstić information content (AvgIpc) is 2.79. The maximum absolute atomic E-state index is 11.1. The first-order valence-electron chi connectivity index (χ1n) is 6.91. The van der Waals surface area contributed by atoms with Gasteiger partial charge in [0.2, 0.25) is 0 Å². The maximum Gasteiger partial charge on any atom is 0.335 e. The number of carboxylic acid groups (broad SMARTS) is 1. The summed E-state index contributed by atoms with van der Waals surface area (Å²) in [5.41, 5.74) is 4.11. The number of hydrogen-bond acceptors (Lipinski definition) is 3. The molecule has 0 amide bonds. The molecule has 0 bridgehead atoms. The largest absolute Gasteiger partial charge is 0.494 e. The lowest BCUT2D eigenvalue weighted by atomic mass is 9.96. The Kier molecular flexibility index (Phi) is 3.39. The average molecular weight is 284 g/mol. The summed E-state index contributed by atoms with van der Waals surface area (Å²) in [6.07, 6.45) is 0. The lowest BCUT2D eigenvalue weighted by Crippen LogP contribution is -2.04. The van der Waals surface area contributed by atoms with Crippen LogP contribution in [0, 0.1) is 0 Å². The van der Waals surface area contributed by atoms with E-state index < -0.39 is 5.97 Å². The molecule has 0 saturated carbocycles. The van der Waals surface area contributed by atoms with E-state index >= 15 is 0 Å². The number of aromatic carboxylic acids is 1. The van der Waals surface area contributed by atoms with Crippen LogP contribution in [0.1, 0.15) is 34.3 Å². The molecule has 0 fully saturated rings. The Morgan fingerprint density at radius 3 is 2.43 bits per heavy atom. The summed E-state index contributed by atoms with van der Waals surface area (Å²) in [5.74, 6) is -0.392. The number of rotatable bonds is 4. The Morgan fingerprint density at radius 2 is 1.81 bits per heavy atom. The molecular formula is C17H16O4. The van der Waals surface area contributed by atoms with Crippen LogP contribution in [-0.4, -0.2) is 29.4 Å². The van der Waals surface area contributed by atoms with E-state index in [2.05, 4.69) is 0 Å². The number of hydrogen-bond donors (Lipinski definition) is 2. The Morgan fingerprint density at radius 1 is 1.14 bits per heavy atom. The third-order valence-corrected chi connectivity index (χ3v) is 3.86. The molecule has 2 aromatic carbocycles. The van der Waals surface area contributed by atoms with Gasteiger partial charge in [-0.1, -0.05) is 12.1 Å². The van der Waals surface area contributed by atoms with Crippen molar-refractivity contribution < 1.29 is 19.7 Å². The predicted molar refractivity (Wildman–Crippen MR) is 78.9 cm³/mol. The summed E-state index contributed by atoms with van der Waals surface area (Å²) in [6, 6.07) is 10.9. The number of fused-ring (bicyclic) bond motifs is 3. The van der Waals surface area contributed by atoms with Crippen molar-refractivity contribution in [3.63, 3.8) is 0 Å². The molecule has 2 aromatic rings. The fourth-order valence-corrected chi connectivity index (χ4v) is 2.92. The summed E-state index contributed by atoms with van der Waals surface area (Å²) >= 11 is 0. The standard InChI is InChI=1S/C17H16O4/c1-2-21-11-4-6-13-12-5-3-10(17(19)20)7-14(12)16(9-18)15(13)8-11/h3-8,16,18H,2,9H2,1H3,(H,19,20). The maximum atomic E-state index is 11.1. The molecule has 3 rings (SSSR count). The van der Waals surface area contributed by atoms with Gasteiger partial charge in [-0.3, -0.25) is 0 Å². The minimum absolute atomic E-state index is 0.0569. The van der Waals surface area contributed by atoms with Gasteiger partial charge in [0.15, 0.2) is 0 Å². The van der Waals surface area contributed by atoms with Gasteiger partial charge in [0.05, 0.1) is 18.8 Å². The molecular weight excluding hydrogens is 268 g/mol. The zero-order valence-electron chi connectivity index (χ0n) is 11.7. The van der Waals surface area contributed by atoms with Crippen LogP contribution in [0.25, 0.3) is 11.1 Å². The molecule has 0 aromatic heterocycles. The summed E-state index contributed by atoms with van der Waals surface area (Å²) < 4.78 is 5.51. The molecule has 0 aliphatic heterocycles. The topological polar surface area (TPSA) is 66.8 Å². The third-order valence-electron chi connectivity index (χ3n) is 3.86. The molecule has 4 nitrogen and oxygen atoms in total. The van der Waals surface area contributed by atoms with E-state index in [1.54, 1.807) is 12.1 Å². The minimum atomic E-state index is -0.958. The first-order valence-corrected chi connectivity index (χ1v) is 6.91. The zero-order valence-corrected chi connectivity index (χ0v) is 11.7. The van der Waals surface area contributed by atoms with Crippen molar-refractivity contribution in [2.24, 2.45) is 0 Å². The van der Waals surface area contributed by atoms with E-state index in [-0.39, 0.29) is 18.1 Å². The summed E-state index contributed by atoms with van der Waals surface area (Å²) in [5, 5.41) is 18.8. The smallest absolute Gasteiger partial charge is 0.335 e. The number of carboxylic acids is 1. The van der Waals surface area contributed by atoms with E-state index in [0.717, 1.165) is 28.0 Å². The van der Waals surface area contributed by atoms with Gasteiger partial charge < -0.3 is 14.9 Å². The molecule has 21 heavy (non-hydrogen) atoms. The van der Waals surface area contributed by atoms with Gasteiger partial charge in [0, 0.05) is 5.92 Å². The highest BCUT2D eigenvalue weighted by Gasteiger charge is 2.29. The van der Waals surface area contributed by atoms with Crippen molar-refractivity contribution >= 4 is 5.97 Å². The van der Waals surface area contributed by atoms with Gasteiger partial charge in [-0.05, 0) is 53.4 Å². The normalized spacial score (nSPS) is 15.4. The fraction of sp³-hybridized carbons (Fsp3) is 0.235. The molecule has 0 saturated heterocycles. The highest BCUT2D eigenvalue weighted by atomic mass is 16.5. The zero-order chi connectivity index (χ0) is 15.0. The van der Waals surface area contributed by atoms with Crippen molar-refractivity contribution in [3.05, 3.63) is 53.1 Å². The van der Waals surface area contributed by atoms with Crippen LogP contribution in [0.3, 0.4) is 0 Å². The molecule has 1 aliphatic rings. The van der Waals surface area contributed by atoms with Crippen LogP contribution in [-0.2, 0) is 0 Å². The van der Waals surface area contributed by atoms with Gasteiger partial charge in [-0.2, -0.15) is 0 Å². The predicted octanol–water partition coefficient (Wildman–Crippen LogP) is 2.89. The van der Waals surface area contributed by atoms with Crippen molar-refractivity contribution in [1.82, 2.24) is 0 Å². The van der Waals surface area contributed by atoms with Crippen LogP contribution < -0.4 is 4.74 Å². The lowest BCUT2D eigenvalue weighted by molar-refractivity contribution is 0.0696. The van der Waals surface area contributed by atoms with Crippen LogP contribution in [0.4, 0.5) is 0 Å². The molecule has 4 heteroatoms. The number of benzene rings is 2. The SMILES string of the molecule is CCOc1ccc2c(c1)C(CO)c1cc(C(=O)O)ccc1-2. The molecule has 1 aliphatic carbocycles. The lowest BCUT2D eigenvalue weighted by Gasteiger charge is -2.11. The van der Waals surface area contributed by atoms with Gasteiger partial charge in [0.1, 0.15) is 5.75 Å². The van der Waals surface area contributed by atoms with Crippen LogP contribution >= 0.6 is 0 Å². The van der Waals surface area contributed by atoms with Gasteiger partial charge in [-0.25, -0.2) is 4.79 Å². The summed E-state index contributed by atoms with van der Waals surface area (Å²) in [6.45, 7) is 2.45. The van der Waals surface area contributed by atoms with E-state index in [0.29, 0.717) is 6.61 Å². The highest BCUT2D eigenvalue weighted by molar-refractivity contribution is 5.90. The number of carbonyl (C=O) groups is 1. The number of aliphatic hydroxyl groups is 1. The number of aliphatic hydroxyl groups excluding tert-OH is 1. The highest BCUT2D eigenvalue weighted by Crippen LogP contribution is 2.46. The number of ether oxygens (including phenoxy) is 1. The Labute approximate surface area is 122 Å². The Hall–Kier alpha value is -2.33. The van der Waals surface area contributed by atoms with Crippen LogP contribution in [0.5, 0.6) is 5.75 Å². The second-order valence-electron chi connectivity index (χ2n) is 5.02. The molecule has 0 heterocycles. The van der Waals surface area contributed by atoms with E-state index in [4.69, 9.17) is 9.84 Å². The van der Waals surface area contributed by atoms with E-state index in [1.807, 2.05) is 31.2 Å². The Bertz CT molecular complexity index is 706. The van der Waals surface area contributed by atoms with Crippen molar-refractivity contribution in [3.8, 4) is 16.9 Å². The molecule has 1 atom stereocenters. The molecule has 0 radical (unpaired) electrons. The van der Waals surface area contributed by atoms with E-state index in [1.165, 1.54) is 0 Å². The second kappa shape index (κ2) is 5.22. The van der Waals surface area contributed by atoms with Crippen molar-refractivity contribution in [2.45, 2.75) is 12.8 Å². The fourth-order valence-electron chi connectivity index (χ4n) is 2.92. The molecule has 0 spiro atoms. The minimum Gasteiger partial charge on any atom is -0.494 e. The molecule has 2 N–H and O–H groups in total. The summed E-state index contributed by atoms with van der Waals surface area (Å²) in [4.78, 5) is 11.1. The Balaban J connectivity index is 2.13. The van der Waals surface area contributed by atoms with Crippen molar-refractivity contribution in [1.29, 1.82) is 0 Å². The van der Waals surface area contributed by atoms with E-state index in [9.17, 15) is 9.90 Å². The first kappa shape index (κ1) is 13.6. The summed E-state index contributed by atoms with van der Waals surface area (Å²) in [7, 11) is 0. The molecule has 108 valence electrons. The van der Waals surface area contributed by atoms with Crippen LogP contribution in [0.2, 0.25) is 0 Å². The van der Waals surface area contributed by atoms with Gasteiger partial charge in [-0.15, -0.1) is 0 Å². The quantitative estimate of drug-likeness (QED) is 0.906. The monoisotopic (exact) mass is 284 g/mol. The molecule has 1 unspecified atom stereocenters. The second-order valence-corrected chi connectivity index (χ2v) is 5.02. The van der Waals surface area contributed by atoms with Crippen LogP contribution in [0.15, 0.2) is 36.4 Å². The van der Waals surface area contributed by atoms with Crippen molar-refractivity contribution in [2.75, 3.05) is 13.2 Å². The first-order chi connectivity index (χ1) is 10.2. The van der Waals surface area contributed by atoms with Gasteiger partial charge >= 0.3 is 5.97 Å². The van der Waals surface area contributed by atoms with Gasteiger partial charge in [0.25, 0.3) is 0 Å². The third kappa shape index (κ3) is 2.17.